The van der Waals surface area contributed by atoms with E-state index >= 15 is 0 Å². The Morgan fingerprint density at radius 3 is 2.71 bits per heavy atom. The summed E-state index contributed by atoms with van der Waals surface area (Å²) in [6.45, 7) is 10.1. The molecule has 0 radical (unpaired) electrons. The molecule has 0 saturated carbocycles. The molecule has 0 aromatic heterocycles. The molecule has 0 fully saturated rings. The number of carbonyl (C=O) groups is 1. The summed E-state index contributed by atoms with van der Waals surface area (Å²) in [7, 11) is 0. The predicted octanol–water partition coefficient (Wildman–Crippen LogP) is 3.85. The van der Waals surface area contributed by atoms with Gasteiger partial charge in [0.1, 0.15) is 0 Å². The fourth-order valence-electron chi connectivity index (χ4n) is 2.30. The molecule has 0 aliphatic carbocycles. The van der Waals surface area contributed by atoms with E-state index in [1.54, 1.807) is 17.1 Å². The van der Waals surface area contributed by atoms with Crippen molar-refractivity contribution in [3.05, 3.63) is 66.3 Å². The Morgan fingerprint density at radius 1 is 1.29 bits per heavy atom. The molecule has 2 heteroatoms. The first-order valence-corrected chi connectivity index (χ1v) is 7.10. The molecule has 21 heavy (non-hydrogen) atoms. The fraction of sp³-hybridized carbons (Fsp3) is 0.211. The molecule has 1 aromatic rings. The van der Waals surface area contributed by atoms with Gasteiger partial charge in [0.25, 0.3) is 0 Å². The van der Waals surface area contributed by atoms with Gasteiger partial charge in [-0.3, -0.25) is 4.79 Å². The van der Waals surface area contributed by atoms with Gasteiger partial charge in [0.2, 0.25) is 5.91 Å². The molecule has 106 valence electrons. The van der Waals surface area contributed by atoms with E-state index in [1.807, 2.05) is 31.2 Å². The first-order chi connectivity index (χ1) is 10.2. The molecule has 1 amide bonds. The molecule has 0 bridgehead atoms. The second kappa shape index (κ2) is 6.76. The molecule has 1 aliphatic heterocycles. The SMILES string of the molecule is C=C/C1=C(\C=C)CN(C(=O)CCC)c2ccccc2C#C1. The van der Waals surface area contributed by atoms with Gasteiger partial charge in [-0.1, -0.05) is 56.2 Å². The summed E-state index contributed by atoms with van der Waals surface area (Å²) in [5.74, 6) is 6.37. The maximum Gasteiger partial charge on any atom is 0.227 e. The number of hydrogen-bond donors (Lipinski definition) is 0. The zero-order chi connectivity index (χ0) is 15.2. The predicted molar refractivity (Wildman–Crippen MR) is 88.0 cm³/mol. The molecule has 2 nitrogen and oxygen atoms in total. The van der Waals surface area contributed by atoms with E-state index in [1.165, 1.54) is 0 Å². The van der Waals surface area contributed by atoms with E-state index in [9.17, 15) is 4.79 Å². The highest BCUT2D eigenvalue weighted by atomic mass is 16.2. The minimum absolute atomic E-state index is 0.108. The highest BCUT2D eigenvalue weighted by Gasteiger charge is 2.20. The Morgan fingerprint density at radius 2 is 2.05 bits per heavy atom. The Kier molecular flexibility index (Phi) is 4.79. The third-order valence-electron chi connectivity index (χ3n) is 3.42. The number of fused-ring (bicyclic) bond motifs is 1. The molecular weight excluding hydrogens is 258 g/mol. The number of nitrogens with zero attached hydrogens (tertiary/aromatic N) is 1. The Hall–Kier alpha value is -2.53. The van der Waals surface area contributed by atoms with Crippen molar-refractivity contribution in [1.29, 1.82) is 0 Å². The number of allylic oxidation sites excluding steroid dienone is 2. The quantitative estimate of drug-likeness (QED) is 0.765. The van der Waals surface area contributed by atoms with E-state index in [0.29, 0.717) is 13.0 Å². The second-order valence-corrected chi connectivity index (χ2v) is 4.84. The van der Waals surface area contributed by atoms with Crippen LogP contribution in [0.15, 0.2) is 60.7 Å². The van der Waals surface area contributed by atoms with E-state index < -0.39 is 0 Å². The summed E-state index contributed by atoms with van der Waals surface area (Å²) < 4.78 is 0. The van der Waals surface area contributed by atoms with Gasteiger partial charge in [-0.2, -0.15) is 0 Å². The topological polar surface area (TPSA) is 20.3 Å². The van der Waals surface area contributed by atoms with Crippen molar-refractivity contribution in [3.63, 3.8) is 0 Å². The molecular formula is C19H19NO. The zero-order valence-electron chi connectivity index (χ0n) is 12.4. The molecule has 0 unspecified atom stereocenters. The minimum atomic E-state index is 0.108. The first-order valence-electron chi connectivity index (χ1n) is 7.10. The zero-order valence-corrected chi connectivity index (χ0v) is 12.4. The summed E-state index contributed by atoms with van der Waals surface area (Å²) in [5, 5.41) is 0. The van der Waals surface area contributed by atoms with E-state index in [-0.39, 0.29) is 5.91 Å². The smallest absolute Gasteiger partial charge is 0.227 e. The molecule has 0 saturated heterocycles. The van der Waals surface area contributed by atoms with Crippen LogP contribution in [0.3, 0.4) is 0 Å². The number of amides is 1. The Labute approximate surface area is 126 Å². The highest BCUT2D eigenvalue weighted by molar-refractivity contribution is 5.95. The molecule has 1 aliphatic rings. The summed E-state index contributed by atoms with van der Waals surface area (Å²) >= 11 is 0. The van der Waals surface area contributed by atoms with Crippen molar-refractivity contribution in [3.8, 4) is 11.8 Å². The molecule has 2 rings (SSSR count). The average Bonchev–Trinajstić information content (AvgIpc) is 2.49. The maximum absolute atomic E-state index is 12.5. The van der Waals surface area contributed by atoms with E-state index in [0.717, 1.165) is 28.8 Å². The summed E-state index contributed by atoms with van der Waals surface area (Å²) in [4.78, 5) is 14.3. The van der Waals surface area contributed by atoms with Gasteiger partial charge in [0.05, 0.1) is 12.2 Å². The lowest BCUT2D eigenvalue weighted by Gasteiger charge is -2.26. The van der Waals surface area contributed by atoms with Crippen LogP contribution in [0, 0.1) is 11.8 Å². The molecule has 1 aromatic carbocycles. The normalized spacial score (nSPS) is 16.9. The molecule has 0 N–H and O–H groups in total. The lowest BCUT2D eigenvalue weighted by molar-refractivity contribution is -0.118. The van der Waals surface area contributed by atoms with E-state index in [4.69, 9.17) is 0 Å². The Bertz CT molecular complexity index is 670. The van der Waals surface area contributed by atoms with Crippen LogP contribution >= 0.6 is 0 Å². The number of benzene rings is 1. The fourth-order valence-corrected chi connectivity index (χ4v) is 2.30. The van der Waals surface area contributed by atoms with Crippen LogP contribution in [0.25, 0.3) is 0 Å². The van der Waals surface area contributed by atoms with Crippen LogP contribution in [-0.2, 0) is 4.79 Å². The van der Waals surface area contributed by atoms with Gasteiger partial charge in [-0.05, 0) is 24.1 Å². The van der Waals surface area contributed by atoms with Gasteiger partial charge >= 0.3 is 0 Å². The van der Waals surface area contributed by atoms with Gasteiger partial charge in [0.15, 0.2) is 0 Å². The highest BCUT2D eigenvalue weighted by Crippen LogP contribution is 2.25. The van der Waals surface area contributed by atoms with Crippen molar-refractivity contribution in [2.75, 3.05) is 11.4 Å². The number of hydrogen-bond acceptors (Lipinski definition) is 1. The number of rotatable bonds is 4. The number of anilines is 1. The molecule has 1 heterocycles. The van der Waals surface area contributed by atoms with Gasteiger partial charge in [0, 0.05) is 17.6 Å². The average molecular weight is 277 g/mol. The van der Waals surface area contributed by atoms with Crippen molar-refractivity contribution in [1.82, 2.24) is 0 Å². The van der Waals surface area contributed by atoms with Crippen LogP contribution in [0.4, 0.5) is 5.69 Å². The van der Waals surface area contributed by atoms with Crippen molar-refractivity contribution in [2.45, 2.75) is 19.8 Å². The lowest BCUT2D eigenvalue weighted by Crippen LogP contribution is -2.33. The van der Waals surface area contributed by atoms with Gasteiger partial charge in [-0.25, -0.2) is 0 Å². The van der Waals surface area contributed by atoms with Crippen LogP contribution in [0.1, 0.15) is 25.3 Å². The van der Waals surface area contributed by atoms with Crippen LogP contribution in [-0.4, -0.2) is 12.5 Å². The van der Waals surface area contributed by atoms with Crippen molar-refractivity contribution < 1.29 is 4.79 Å². The molecule has 0 atom stereocenters. The first kappa shape index (κ1) is 14.9. The van der Waals surface area contributed by atoms with E-state index in [2.05, 4.69) is 25.0 Å². The number of carbonyl (C=O) groups excluding carboxylic acids is 1. The summed E-state index contributed by atoms with van der Waals surface area (Å²) in [5.41, 5.74) is 3.49. The van der Waals surface area contributed by atoms with Crippen LogP contribution in [0.2, 0.25) is 0 Å². The second-order valence-electron chi connectivity index (χ2n) is 4.84. The monoisotopic (exact) mass is 277 g/mol. The number of para-hydroxylation sites is 1. The van der Waals surface area contributed by atoms with Crippen LogP contribution < -0.4 is 4.90 Å². The van der Waals surface area contributed by atoms with Crippen LogP contribution in [0.5, 0.6) is 0 Å². The van der Waals surface area contributed by atoms with Crippen molar-refractivity contribution >= 4 is 11.6 Å². The summed E-state index contributed by atoms with van der Waals surface area (Å²) in [6, 6.07) is 7.74. The Balaban J connectivity index is 2.59. The molecule has 0 spiro atoms. The van der Waals surface area contributed by atoms with Gasteiger partial charge < -0.3 is 4.90 Å². The third-order valence-corrected chi connectivity index (χ3v) is 3.42. The standard InChI is InChI=1S/C19H19NO/c1-4-9-19(21)20-14-16(6-3)15(5-2)12-13-17-10-7-8-11-18(17)20/h5-8,10-11H,2-4,9,14H2,1H3/b16-15-. The van der Waals surface area contributed by atoms with Crippen molar-refractivity contribution in [2.24, 2.45) is 0 Å². The lowest BCUT2D eigenvalue weighted by atomic mass is 10.0. The van der Waals surface area contributed by atoms with Gasteiger partial charge in [-0.15, -0.1) is 0 Å². The minimum Gasteiger partial charge on any atom is -0.307 e. The third kappa shape index (κ3) is 3.14. The summed E-state index contributed by atoms with van der Waals surface area (Å²) in [6.07, 6.45) is 4.83. The largest absolute Gasteiger partial charge is 0.307 e. The maximum atomic E-state index is 12.5.